The second-order valence-corrected chi connectivity index (χ2v) is 14.6. The lowest BCUT2D eigenvalue weighted by atomic mass is 9.84. The van der Waals surface area contributed by atoms with E-state index in [4.69, 9.17) is 0 Å². The van der Waals surface area contributed by atoms with Crippen molar-refractivity contribution in [2.75, 3.05) is 0 Å². The van der Waals surface area contributed by atoms with Crippen molar-refractivity contribution in [2.24, 2.45) is 5.41 Å². The molecule has 0 heterocycles. The number of amides is 1. The fourth-order valence-electron chi connectivity index (χ4n) is 1.47. The van der Waals surface area contributed by atoms with Gasteiger partial charge in [-0.05, 0) is 32.6 Å². The maximum Gasteiger partial charge on any atom is 0.220 e. The molecule has 1 N–H and O–H groups in total. The lowest BCUT2D eigenvalue weighted by Crippen LogP contribution is -2.43. The lowest BCUT2D eigenvalue weighted by Gasteiger charge is -2.33. The smallest absolute Gasteiger partial charge is 0.220 e. The molecule has 108 valence electrons. The van der Waals surface area contributed by atoms with Gasteiger partial charge in [-0.15, -0.1) is 0 Å². The fraction of sp³-hybridized carbons (Fsp3) is 0.917. The van der Waals surface area contributed by atoms with Gasteiger partial charge < -0.3 is 5.32 Å². The predicted molar refractivity (Wildman–Crippen MR) is 93.1 cm³/mol. The number of hydrogen-bond acceptors (Lipinski definition) is 1. The molecule has 2 nitrogen and oxygen atoms in total. The molecule has 0 fully saturated rings. The standard InChI is InChI=1S/C12H21Br4NO/c1-10(2,3)17-9(18)7-11(4,5)8(13)6-12(14,15)16/h8H,6-7H2,1-5H3,(H,17,18). The van der Waals surface area contributed by atoms with Crippen LogP contribution in [0.1, 0.15) is 47.5 Å². The Morgan fingerprint density at radius 2 is 1.56 bits per heavy atom. The van der Waals surface area contributed by atoms with E-state index in [9.17, 15) is 4.79 Å². The first kappa shape index (κ1) is 19.4. The predicted octanol–water partition coefficient (Wildman–Crippen LogP) is 5.31. The number of nitrogens with one attached hydrogen (secondary N) is 1. The molecule has 18 heavy (non-hydrogen) atoms. The Kier molecular flexibility index (Phi) is 7.43. The first-order chi connectivity index (χ1) is 7.73. The maximum atomic E-state index is 12.0. The van der Waals surface area contributed by atoms with Crippen LogP contribution in [-0.2, 0) is 4.79 Å². The molecule has 1 amide bonds. The van der Waals surface area contributed by atoms with Crippen LogP contribution in [0.3, 0.4) is 0 Å². The minimum Gasteiger partial charge on any atom is -0.351 e. The first-order valence-electron chi connectivity index (χ1n) is 5.75. The van der Waals surface area contributed by atoms with Crippen molar-refractivity contribution in [2.45, 2.75) is 60.0 Å². The molecule has 0 bridgehead atoms. The summed E-state index contributed by atoms with van der Waals surface area (Å²) in [6, 6.07) is 0. The van der Waals surface area contributed by atoms with Crippen LogP contribution in [-0.4, -0.2) is 18.4 Å². The second kappa shape index (κ2) is 6.90. The van der Waals surface area contributed by atoms with Gasteiger partial charge in [0.25, 0.3) is 0 Å². The first-order valence-corrected chi connectivity index (χ1v) is 9.04. The van der Waals surface area contributed by atoms with Crippen molar-refractivity contribution in [1.82, 2.24) is 5.32 Å². The molecule has 0 aliphatic rings. The van der Waals surface area contributed by atoms with E-state index in [1.165, 1.54) is 0 Å². The van der Waals surface area contributed by atoms with Crippen LogP contribution in [0.5, 0.6) is 0 Å². The van der Waals surface area contributed by atoms with Gasteiger partial charge in [-0.2, -0.15) is 0 Å². The third kappa shape index (κ3) is 9.32. The largest absolute Gasteiger partial charge is 0.351 e. The van der Waals surface area contributed by atoms with Gasteiger partial charge in [0.15, 0.2) is 0 Å². The van der Waals surface area contributed by atoms with Crippen LogP contribution in [0, 0.1) is 5.41 Å². The number of carbonyl (C=O) groups is 1. The van der Waals surface area contributed by atoms with E-state index in [-0.39, 0.29) is 23.8 Å². The van der Waals surface area contributed by atoms with Gasteiger partial charge in [-0.3, -0.25) is 4.79 Å². The molecule has 1 atom stereocenters. The zero-order chi connectivity index (χ0) is 14.8. The van der Waals surface area contributed by atoms with Gasteiger partial charge >= 0.3 is 0 Å². The molecule has 0 saturated carbocycles. The van der Waals surface area contributed by atoms with Crippen LogP contribution in [0.15, 0.2) is 0 Å². The van der Waals surface area contributed by atoms with Gasteiger partial charge in [-0.25, -0.2) is 0 Å². The minimum atomic E-state index is -0.293. The molecule has 0 aliphatic carbocycles. The van der Waals surface area contributed by atoms with E-state index in [1.54, 1.807) is 0 Å². The highest BCUT2D eigenvalue weighted by Gasteiger charge is 2.35. The Bertz CT molecular complexity index is 291. The third-order valence-electron chi connectivity index (χ3n) is 2.39. The molecule has 0 aromatic heterocycles. The molecule has 6 heteroatoms. The Hall–Kier alpha value is 1.39. The van der Waals surface area contributed by atoms with Crippen molar-refractivity contribution < 1.29 is 4.79 Å². The average Bonchev–Trinajstić information content (AvgIpc) is 1.94. The van der Waals surface area contributed by atoms with Crippen LogP contribution in [0.4, 0.5) is 0 Å². The van der Waals surface area contributed by atoms with E-state index in [0.717, 1.165) is 6.42 Å². The third-order valence-corrected chi connectivity index (χ3v) is 4.92. The van der Waals surface area contributed by atoms with E-state index >= 15 is 0 Å². The van der Waals surface area contributed by atoms with E-state index in [0.29, 0.717) is 6.42 Å². The summed E-state index contributed by atoms with van der Waals surface area (Å²) >= 11 is 14.1. The summed E-state index contributed by atoms with van der Waals surface area (Å²) in [6.45, 7) is 10.2. The summed E-state index contributed by atoms with van der Waals surface area (Å²) in [5.41, 5.74) is -0.311. The van der Waals surface area contributed by atoms with Crippen molar-refractivity contribution in [3.63, 3.8) is 0 Å². The van der Waals surface area contributed by atoms with Gasteiger partial charge in [0, 0.05) is 16.8 Å². The van der Waals surface area contributed by atoms with Crippen molar-refractivity contribution in [1.29, 1.82) is 0 Å². The molecule has 0 radical (unpaired) electrons. The zero-order valence-corrected chi connectivity index (χ0v) is 17.8. The monoisotopic (exact) mass is 511 g/mol. The summed E-state index contributed by atoms with van der Waals surface area (Å²) in [6.07, 6.45) is 1.30. The molecule has 0 spiro atoms. The van der Waals surface area contributed by atoms with Gasteiger partial charge in [0.2, 0.25) is 5.91 Å². The Morgan fingerprint density at radius 3 is 1.89 bits per heavy atom. The van der Waals surface area contributed by atoms with Gasteiger partial charge in [0.05, 0.1) is 0 Å². The van der Waals surface area contributed by atoms with Crippen LogP contribution >= 0.6 is 63.7 Å². The average molecular weight is 515 g/mol. The summed E-state index contributed by atoms with van der Waals surface area (Å²) in [5.74, 6) is 0.0845. The lowest BCUT2D eigenvalue weighted by molar-refractivity contribution is -0.124. The van der Waals surface area contributed by atoms with E-state index in [1.807, 2.05) is 20.8 Å². The van der Waals surface area contributed by atoms with Crippen molar-refractivity contribution >= 4 is 69.6 Å². The van der Waals surface area contributed by atoms with Gasteiger partial charge in [0.1, 0.15) is 2.14 Å². The number of halogens is 4. The molecule has 1 unspecified atom stereocenters. The van der Waals surface area contributed by atoms with E-state index < -0.39 is 0 Å². The second-order valence-electron chi connectivity index (χ2n) is 6.25. The SMILES string of the molecule is CC(C)(C)NC(=O)CC(C)(C)C(Br)CC(Br)(Br)Br. The Labute approximate surface area is 144 Å². The van der Waals surface area contributed by atoms with Crippen molar-refractivity contribution in [3.05, 3.63) is 0 Å². The number of rotatable bonds is 4. The van der Waals surface area contributed by atoms with Crippen molar-refractivity contribution in [3.8, 4) is 0 Å². The van der Waals surface area contributed by atoms with E-state index in [2.05, 4.69) is 82.9 Å². The molecule has 0 aromatic rings. The normalized spacial score (nSPS) is 15.4. The topological polar surface area (TPSA) is 29.1 Å². The molecule has 0 aliphatic heterocycles. The van der Waals surface area contributed by atoms with Gasteiger partial charge in [-0.1, -0.05) is 77.6 Å². The number of carbonyl (C=O) groups excluding carboxylic acids is 1. The Morgan fingerprint density at radius 1 is 1.11 bits per heavy atom. The number of hydrogen-bond donors (Lipinski definition) is 1. The summed E-state index contributed by atoms with van der Waals surface area (Å²) in [4.78, 5) is 12.2. The molecular formula is C12H21Br4NO. The summed E-state index contributed by atoms with van der Waals surface area (Å²) in [7, 11) is 0. The highest BCUT2D eigenvalue weighted by atomic mass is 80.0. The minimum absolute atomic E-state index is 0.0845. The van der Waals surface area contributed by atoms with Crippen LogP contribution < -0.4 is 5.32 Å². The highest BCUT2D eigenvalue weighted by Crippen LogP contribution is 2.45. The fourth-order valence-corrected chi connectivity index (χ4v) is 4.39. The summed E-state index contributed by atoms with van der Waals surface area (Å²) in [5, 5.41) is 3.00. The summed E-state index contributed by atoms with van der Waals surface area (Å²) < 4.78 is -0.293. The van der Waals surface area contributed by atoms with Crippen LogP contribution in [0.2, 0.25) is 0 Å². The Balaban J connectivity index is 4.51. The maximum absolute atomic E-state index is 12.0. The van der Waals surface area contributed by atoms with Crippen LogP contribution in [0.25, 0.3) is 0 Å². The zero-order valence-electron chi connectivity index (χ0n) is 11.4. The number of alkyl halides is 4. The molecular weight excluding hydrogens is 494 g/mol. The molecule has 0 aromatic carbocycles. The molecule has 0 rings (SSSR count). The highest BCUT2D eigenvalue weighted by molar-refractivity contribution is 9.39. The molecule has 0 saturated heterocycles. The quantitative estimate of drug-likeness (QED) is 0.506.